The first-order valence-electron chi connectivity index (χ1n) is 8.04. The molecule has 0 aliphatic heterocycles. The number of thioether (sulfide) groups is 1. The fourth-order valence-corrected chi connectivity index (χ4v) is 3.81. The molecule has 2 aliphatic rings. The number of rotatable bonds is 5. The predicted octanol–water partition coefficient (Wildman–Crippen LogP) is 3.46. The molecule has 4 nitrogen and oxygen atoms in total. The minimum atomic E-state index is 0.117. The Hall–Kier alpha value is -1.49. The highest BCUT2D eigenvalue weighted by atomic mass is 32.2. The molecule has 4 rings (SSSR count). The van der Waals surface area contributed by atoms with Gasteiger partial charge < -0.3 is 4.90 Å². The molecule has 0 aromatic carbocycles. The number of nitrogens with zero attached hydrogens (tertiary/aromatic N) is 3. The summed E-state index contributed by atoms with van der Waals surface area (Å²) in [6.07, 6.45) is 8.79. The maximum absolute atomic E-state index is 13.2. The van der Waals surface area contributed by atoms with Gasteiger partial charge in [0.2, 0.25) is 0 Å². The van der Waals surface area contributed by atoms with Crippen molar-refractivity contribution in [2.75, 3.05) is 6.26 Å². The summed E-state index contributed by atoms with van der Waals surface area (Å²) >= 11 is 1.58. The van der Waals surface area contributed by atoms with Gasteiger partial charge in [-0.1, -0.05) is 17.8 Å². The zero-order valence-electron chi connectivity index (χ0n) is 13.0. The van der Waals surface area contributed by atoms with Crippen LogP contribution in [0.1, 0.15) is 43.1 Å². The van der Waals surface area contributed by atoms with Gasteiger partial charge in [0.1, 0.15) is 0 Å². The average molecular weight is 315 g/mol. The number of aromatic nitrogens is 2. The van der Waals surface area contributed by atoms with Gasteiger partial charge in [0.15, 0.2) is 10.9 Å². The van der Waals surface area contributed by atoms with Crippen molar-refractivity contribution in [3.8, 4) is 0 Å². The first-order valence-corrected chi connectivity index (χ1v) is 9.27. The summed E-state index contributed by atoms with van der Waals surface area (Å²) < 4.78 is 2.02. The van der Waals surface area contributed by atoms with Crippen molar-refractivity contribution in [3.63, 3.8) is 0 Å². The van der Waals surface area contributed by atoms with Crippen LogP contribution >= 0.6 is 11.8 Å². The van der Waals surface area contributed by atoms with Gasteiger partial charge in [-0.05, 0) is 56.9 Å². The van der Waals surface area contributed by atoms with E-state index in [9.17, 15) is 4.79 Å². The summed E-state index contributed by atoms with van der Waals surface area (Å²) in [6.45, 7) is 2.21. The van der Waals surface area contributed by atoms with E-state index in [0.29, 0.717) is 23.7 Å². The molecule has 2 aromatic heterocycles. The molecule has 0 unspecified atom stereocenters. The van der Waals surface area contributed by atoms with Crippen molar-refractivity contribution in [2.24, 2.45) is 5.92 Å². The largest absolute Gasteiger partial charge is 0.331 e. The lowest BCUT2D eigenvalue weighted by Crippen LogP contribution is -2.41. The molecule has 0 bridgehead atoms. The summed E-state index contributed by atoms with van der Waals surface area (Å²) in [5.41, 5.74) is 1.54. The minimum Gasteiger partial charge on any atom is -0.331 e. The average Bonchev–Trinajstić information content (AvgIpc) is 3.43. The van der Waals surface area contributed by atoms with E-state index in [2.05, 4.69) is 16.8 Å². The van der Waals surface area contributed by atoms with Crippen LogP contribution in [0.15, 0.2) is 29.6 Å². The van der Waals surface area contributed by atoms with E-state index < -0.39 is 0 Å². The highest BCUT2D eigenvalue weighted by Crippen LogP contribution is 2.40. The smallest absolute Gasteiger partial charge is 0.275 e. The first kappa shape index (κ1) is 14.1. The molecular formula is C17H21N3OS. The molecule has 2 saturated carbocycles. The van der Waals surface area contributed by atoms with E-state index >= 15 is 0 Å². The van der Waals surface area contributed by atoms with Crippen LogP contribution in [0.3, 0.4) is 0 Å². The number of carbonyl (C=O) groups is 1. The van der Waals surface area contributed by atoms with E-state index in [-0.39, 0.29) is 5.91 Å². The van der Waals surface area contributed by atoms with Gasteiger partial charge >= 0.3 is 0 Å². The number of hydrogen-bond acceptors (Lipinski definition) is 3. The van der Waals surface area contributed by atoms with Crippen molar-refractivity contribution in [1.29, 1.82) is 0 Å². The highest BCUT2D eigenvalue weighted by Gasteiger charge is 2.42. The summed E-state index contributed by atoms with van der Waals surface area (Å²) in [5, 5.41) is 0.883. The van der Waals surface area contributed by atoms with Gasteiger partial charge in [-0.25, -0.2) is 4.98 Å². The normalized spacial score (nSPS) is 19.4. The molecule has 116 valence electrons. The molecular weight excluding hydrogens is 294 g/mol. The van der Waals surface area contributed by atoms with E-state index in [0.717, 1.165) is 23.5 Å². The minimum absolute atomic E-state index is 0.117. The summed E-state index contributed by atoms with van der Waals surface area (Å²) in [5.74, 6) is 0.810. The van der Waals surface area contributed by atoms with Gasteiger partial charge in [0.25, 0.3) is 5.91 Å². The molecule has 22 heavy (non-hydrogen) atoms. The van der Waals surface area contributed by atoms with Gasteiger partial charge in [-0.2, -0.15) is 0 Å². The van der Waals surface area contributed by atoms with Crippen LogP contribution in [-0.4, -0.2) is 38.5 Å². The molecule has 0 N–H and O–H groups in total. The molecule has 5 heteroatoms. The van der Waals surface area contributed by atoms with E-state index in [1.807, 2.05) is 35.1 Å². The van der Waals surface area contributed by atoms with Crippen LogP contribution in [0.5, 0.6) is 0 Å². The van der Waals surface area contributed by atoms with Crippen LogP contribution in [0.2, 0.25) is 0 Å². The topological polar surface area (TPSA) is 37.6 Å². The molecule has 2 aliphatic carbocycles. The van der Waals surface area contributed by atoms with E-state index in [1.54, 1.807) is 11.8 Å². The lowest BCUT2D eigenvalue weighted by molar-refractivity contribution is 0.0650. The summed E-state index contributed by atoms with van der Waals surface area (Å²) in [4.78, 5) is 19.9. The van der Waals surface area contributed by atoms with Gasteiger partial charge in [0, 0.05) is 18.3 Å². The van der Waals surface area contributed by atoms with Crippen molar-refractivity contribution < 1.29 is 4.79 Å². The second-order valence-electron chi connectivity index (χ2n) is 6.42. The quantitative estimate of drug-likeness (QED) is 0.793. The maximum atomic E-state index is 13.2. The number of pyridine rings is 1. The molecule has 0 saturated heterocycles. The first-order chi connectivity index (χ1) is 10.7. The lowest BCUT2D eigenvalue weighted by atomic mass is 10.1. The molecule has 2 heterocycles. The Morgan fingerprint density at radius 2 is 2.14 bits per heavy atom. The summed E-state index contributed by atoms with van der Waals surface area (Å²) in [7, 11) is 0. The monoisotopic (exact) mass is 315 g/mol. The number of imidazole rings is 1. The standard InChI is InChI=1S/C17H21N3OS/c1-11(12-6-7-12)20(13-8-9-13)16(21)15-14-5-3-4-10-19(14)17(18-15)22-2/h3-5,10-13H,6-9H2,1-2H3/t11-/m0/s1. The fraction of sp³-hybridized carbons (Fsp3) is 0.529. The third-order valence-electron chi connectivity index (χ3n) is 4.82. The van der Waals surface area contributed by atoms with Crippen LogP contribution < -0.4 is 0 Å². The zero-order valence-corrected chi connectivity index (χ0v) is 13.8. The summed E-state index contributed by atoms with van der Waals surface area (Å²) in [6, 6.07) is 6.73. The van der Waals surface area contributed by atoms with Gasteiger partial charge in [-0.3, -0.25) is 9.20 Å². The van der Waals surface area contributed by atoms with Gasteiger partial charge in [-0.15, -0.1) is 0 Å². The SMILES string of the molecule is CSc1nc(C(=O)N(C2CC2)[C@@H](C)C2CC2)c2ccccn12. The Labute approximate surface area is 134 Å². The van der Waals surface area contributed by atoms with Crippen molar-refractivity contribution in [1.82, 2.24) is 14.3 Å². The maximum Gasteiger partial charge on any atom is 0.275 e. The van der Waals surface area contributed by atoms with Crippen LogP contribution in [0.25, 0.3) is 5.52 Å². The Kier molecular flexibility index (Phi) is 3.40. The van der Waals surface area contributed by atoms with E-state index in [1.165, 1.54) is 12.8 Å². The van der Waals surface area contributed by atoms with Crippen LogP contribution in [-0.2, 0) is 0 Å². The molecule has 0 spiro atoms. The van der Waals surface area contributed by atoms with E-state index in [4.69, 9.17) is 0 Å². The second kappa shape index (κ2) is 5.30. The van der Waals surface area contributed by atoms with Crippen molar-refractivity contribution in [3.05, 3.63) is 30.1 Å². The third kappa shape index (κ3) is 2.32. The molecule has 2 fully saturated rings. The number of hydrogen-bond donors (Lipinski definition) is 0. The Balaban J connectivity index is 1.74. The van der Waals surface area contributed by atoms with Crippen molar-refractivity contribution >= 4 is 23.2 Å². The Morgan fingerprint density at radius 1 is 1.36 bits per heavy atom. The van der Waals surface area contributed by atoms with Crippen LogP contribution in [0.4, 0.5) is 0 Å². The fourth-order valence-electron chi connectivity index (χ4n) is 3.28. The molecule has 0 radical (unpaired) electrons. The Bertz CT molecular complexity index is 718. The van der Waals surface area contributed by atoms with Gasteiger partial charge in [0.05, 0.1) is 5.52 Å². The third-order valence-corrected chi connectivity index (χ3v) is 5.47. The molecule has 1 amide bonds. The lowest BCUT2D eigenvalue weighted by Gasteiger charge is -2.29. The highest BCUT2D eigenvalue weighted by molar-refractivity contribution is 7.98. The number of amides is 1. The predicted molar refractivity (Wildman–Crippen MR) is 88.4 cm³/mol. The number of carbonyl (C=O) groups excluding carboxylic acids is 1. The van der Waals surface area contributed by atoms with Crippen molar-refractivity contribution in [2.45, 2.75) is 49.8 Å². The Morgan fingerprint density at radius 3 is 2.77 bits per heavy atom. The zero-order chi connectivity index (χ0) is 15.3. The second-order valence-corrected chi connectivity index (χ2v) is 7.20. The molecule has 1 atom stereocenters. The molecule has 2 aromatic rings. The number of fused-ring (bicyclic) bond motifs is 1. The van der Waals surface area contributed by atoms with Crippen LogP contribution in [0, 0.1) is 5.92 Å².